The maximum absolute atomic E-state index is 12.2. The van der Waals surface area contributed by atoms with Gasteiger partial charge in [0, 0.05) is 19.5 Å². The predicted octanol–water partition coefficient (Wildman–Crippen LogP) is 4.15. The van der Waals surface area contributed by atoms with E-state index < -0.39 is 5.60 Å². The maximum atomic E-state index is 12.2. The van der Waals surface area contributed by atoms with E-state index in [-0.39, 0.29) is 18.3 Å². The molecule has 1 aromatic heterocycles. The average Bonchev–Trinajstić information content (AvgIpc) is 3.32. The van der Waals surface area contributed by atoms with Crippen molar-refractivity contribution in [3.8, 4) is 11.6 Å². The third kappa shape index (κ3) is 5.42. The number of aliphatic hydroxyl groups excluding tert-OH is 1. The summed E-state index contributed by atoms with van der Waals surface area (Å²) in [4.78, 5) is 14.0. The normalized spacial score (nSPS) is 22.6. The summed E-state index contributed by atoms with van der Waals surface area (Å²) in [5.41, 5.74) is 0.132. The maximum Gasteiger partial charge on any atom is 0.410 e. The van der Waals surface area contributed by atoms with Gasteiger partial charge in [-0.1, -0.05) is 6.07 Å². The van der Waals surface area contributed by atoms with Gasteiger partial charge in [-0.25, -0.2) is 4.79 Å². The molecule has 8 heteroatoms. The van der Waals surface area contributed by atoms with Crippen molar-refractivity contribution < 1.29 is 28.6 Å². The molecule has 1 aromatic carbocycles. The zero-order valence-electron chi connectivity index (χ0n) is 18.5. The number of piperidine rings is 1. The van der Waals surface area contributed by atoms with Crippen LogP contribution in [-0.2, 0) is 4.74 Å². The molecule has 4 rings (SSSR count). The second-order valence-electron chi connectivity index (χ2n) is 9.55. The van der Waals surface area contributed by atoms with Crippen LogP contribution >= 0.6 is 0 Å². The van der Waals surface area contributed by atoms with E-state index in [1.165, 1.54) is 0 Å². The Morgan fingerprint density at radius 2 is 2.00 bits per heavy atom. The van der Waals surface area contributed by atoms with Gasteiger partial charge in [-0.05, 0) is 69.7 Å². The van der Waals surface area contributed by atoms with Crippen LogP contribution < -0.4 is 9.47 Å². The number of amides is 1. The standard InChI is InChI=1S/C23H32N2O6/c1-23(2,3)30-22(27)25-11-9-15(10-12-25)14-28-21-20-18(5-4-6-19(20)31-24-21)29-17-8-7-16(26)13-17/h4-6,15-17,26H,7-14H2,1-3H3/t16-,17-/m1/s1. The highest BCUT2D eigenvalue weighted by Crippen LogP contribution is 2.36. The van der Waals surface area contributed by atoms with Gasteiger partial charge in [0.2, 0.25) is 0 Å². The molecule has 1 aliphatic heterocycles. The summed E-state index contributed by atoms with van der Waals surface area (Å²) in [6, 6.07) is 5.59. The summed E-state index contributed by atoms with van der Waals surface area (Å²) in [5.74, 6) is 1.43. The number of fused-ring (bicyclic) bond motifs is 1. The molecule has 2 atom stereocenters. The van der Waals surface area contributed by atoms with Gasteiger partial charge in [-0.3, -0.25) is 0 Å². The van der Waals surface area contributed by atoms with Crippen molar-refractivity contribution in [3.63, 3.8) is 0 Å². The second kappa shape index (κ2) is 8.94. The summed E-state index contributed by atoms with van der Waals surface area (Å²) in [7, 11) is 0. The van der Waals surface area contributed by atoms with Crippen molar-refractivity contribution >= 4 is 17.1 Å². The third-order valence-corrected chi connectivity index (χ3v) is 5.80. The molecule has 1 aliphatic carbocycles. The zero-order valence-corrected chi connectivity index (χ0v) is 18.5. The van der Waals surface area contributed by atoms with Crippen molar-refractivity contribution in [2.75, 3.05) is 19.7 Å². The Hall–Kier alpha value is -2.48. The summed E-state index contributed by atoms with van der Waals surface area (Å²) < 4.78 is 23.1. The second-order valence-corrected chi connectivity index (χ2v) is 9.55. The summed E-state index contributed by atoms with van der Waals surface area (Å²) in [6.07, 6.45) is 3.35. The predicted molar refractivity (Wildman–Crippen MR) is 114 cm³/mol. The van der Waals surface area contributed by atoms with Gasteiger partial charge >= 0.3 is 6.09 Å². The number of benzene rings is 1. The molecular weight excluding hydrogens is 400 g/mol. The number of carbonyl (C=O) groups excluding carboxylic acids is 1. The van der Waals surface area contributed by atoms with Gasteiger partial charge in [-0.2, -0.15) is 0 Å². The van der Waals surface area contributed by atoms with E-state index in [4.69, 9.17) is 18.7 Å². The van der Waals surface area contributed by atoms with Crippen LogP contribution in [0.1, 0.15) is 52.9 Å². The first-order valence-corrected chi connectivity index (χ1v) is 11.1. The van der Waals surface area contributed by atoms with Gasteiger partial charge in [0.15, 0.2) is 5.58 Å². The van der Waals surface area contributed by atoms with Gasteiger partial charge in [0.25, 0.3) is 5.88 Å². The fourth-order valence-electron chi connectivity index (χ4n) is 4.14. The van der Waals surface area contributed by atoms with E-state index in [0.29, 0.717) is 49.2 Å². The number of hydrogen-bond donors (Lipinski definition) is 1. The number of aromatic nitrogens is 1. The van der Waals surface area contributed by atoms with Crippen LogP contribution in [0.25, 0.3) is 11.0 Å². The minimum absolute atomic E-state index is 0.0134. The van der Waals surface area contributed by atoms with E-state index in [1.807, 2.05) is 39.0 Å². The van der Waals surface area contributed by atoms with Crippen LogP contribution in [0, 0.1) is 5.92 Å². The molecule has 1 amide bonds. The minimum Gasteiger partial charge on any atom is -0.489 e. The van der Waals surface area contributed by atoms with Crippen LogP contribution in [0.15, 0.2) is 22.7 Å². The van der Waals surface area contributed by atoms with E-state index in [0.717, 1.165) is 31.1 Å². The molecule has 0 unspecified atom stereocenters. The van der Waals surface area contributed by atoms with Crippen molar-refractivity contribution in [2.45, 2.75) is 70.7 Å². The molecule has 2 aliphatic rings. The molecule has 0 radical (unpaired) electrons. The van der Waals surface area contributed by atoms with Crippen LogP contribution in [0.2, 0.25) is 0 Å². The molecule has 0 bridgehead atoms. The van der Waals surface area contributed by atoms with Gasteiger partial charge in [0.05, 0.1) is 12.7 Å². The highest BCUT2D eigenvalue weighted by molar-refractivity contribution is 5.88. The Kier molecular flexibility index (Phi) is 6.27. The largest absolute Gasteiger partial charge is 0.489 e. The van der Waals surface area contributed by atoms with E-state index >= 15 is 0 Å². The molecule has 8 nitrogen and oxygen atoms in total. The molecule has 0 spiro atoms. The number of aliphatic hydroxyl groups is 1. The Labute approximate surface area is 182 Å². The van der Waals surface area contributed by atoms with E-state index in [9.17, 15) is 9.90 Å². The highest BCUT2D eigenvalue weighted by atomic mass is 16.6. The first-order valence-electron chi connectivity index (χ1n) is 11.1. The quantitative estimate of drug-likeness (QED) is 0.758. The minimum atomic E-state index is -0.485. The summed E-state index contributed by atoms with van der Waals surface area (Å²) in [6.45, 7) is 7.43. The number of carbonyl (C=O) groups is 1. The average molecular weight is 433 g/mol. The van der Waals surface area contributed by atoms with Gasteiger partial charge < -0.3 is 28.7 Å². The van der Waals surface area contributed by atoms with Crippen LogP contribution in [0.3, 0.4) is 0 Å². The first-order chi connectivity index (χ1) is 14.8. The molecule has 2 fully saturated rings. The Morgan fingerprint density at radius 3 is 2.68 bits per heavy atom. The SMILES string of the molecule is CC(C)(C)OC(=O)N1CCC(COc2noc3cccc(O[C@@H]4CC[C@@H](O)C4)c23)CC1. The number of rotatable bonds is 5. The van der Waals surface area contributed by atoms with Crippen molar-refractivity contribution in [1.82, 2.24) is 10.1 Å². The molecule has 170 valence electrons. The molecule has 2 heterocycles. The number of nitrogens with zero attached hydrogens (tertiary/aromatic N) is 2. The van der Waals surface area contributed by atoms with Crippen molar-refractivity contribution in [1.29, 1.82) is 0 Å². The van der Waals surface area contributed by atoms with Crippen LogP contribution in [0.4, 0.5) is 4.79 Å². The Bertz CT molecular complexity index is 897. The summed E-state index contributed by atoms with van der Waals surface area (Å²) in [5, 5.41) is 14.6. The fraction of sp³-hybridized carbons (Fsp3) is 0.652. The lowest BCUT2D eigenvalue weighted by Crippen LogP contribution is -2.42. The lowest BCUT2D eigenvalue weighted by molar-refractivity contribution is 0.0163. The Balaban J connectivity index is 1.34. The lowest BCUT2D eigenvalue weighted by atomic mass is 9.98. The molecular formula is C23H32N2O6. The fourth-order valence-corrected chi connectivity index (χ4v) is 4.14. The lowest BCUT2D eigenvalue weighted by Gasteiger charge is -2.33. The summed E-state index contributed by atoms with van der Waals surface area (Å²) >= 11 is 0. The molecule has 1 saturated carbocycles. The number of likely N-dealkylation sites (tertiary alicyclic amines) is 1. The monoisotopic (exact) mass is 432 g/mol. The number of hydrogen-bond acceptors (Lipinski definition) is 7. The van der Waals surface area contributed by atoms with Crippen molar-refractivity contribution in [2.24, 2.45) is 5.92 Å². The zero-order chi connectivity index (χ0) is 22.0. The highest BCUT2D eigenvalue weighted by Gasteiger charge is 2.29. The third-order valence-electron chi connectivity index (χ3n) is 5.80. The Morgan fingerprint density at radius 1 is 1.23 bits per heavy atom. The van der Waals surface area contributed by atoms with E-state index in [2.05, 4.69) is 5.16 Å². The van der Waals surface area contributed by atoms with Crippen LogP contribution in [0.5, 0.6) is 11.6 Å². The van der Waals surface area contributed by atoms with Crippen molar-refractivity contribution in [3.05, 3.63) is 18.2 Å². The molecule has 1 saturated heterocycles. The topological polar surface area (TPSA) is 94.3 Å². The van der Waals surface area contributed by atoms with Crippen LogP contribution in [-0.4, -0.2) is 58.8 Å². The van der Waals surface area contributed by atoms with E-state index in [1.54, 1.807) is 4.90 Å². The molecule has 31 heavy (non-hydrogen) atoms. The molecule has 2 aromatic rings. The smallest absolute Gasteiger partial charge is 0.410 e. The molecule has 1 N–H and O–H groups in total. The number of ether oxygens (including phenoxy) is 3. The first kappa shape index (κ1) is 21.7. The van der Waals surface area contributed by atoms with Gasteiger partial charge in [-0.15, -0.1) is 0 Å². The van der Waals surface area contributed by atoms with Gasteiger partial charge in [0.1, 0.15) is 22.8 Å².